The van der Waals surface area contributed by atoms with Gasteiger partial charge in [-0.3, -0.25) is 19.7 Å². The minimum absolute atomic E-state index is 0.0772. The van der Waals surface area contributed by atoms with Gasteiger partial charge in [-0.25, -0.2) is 4.68 Å². The average molecular weight is 365 g/mol. The normalized spacial score (nSPS) is 10.2. The third-order valence-corrected chi connectivity index (χ3v) is 3.59. The lowest BCUT2D eigenvalue weighted by molar-refractivity contribution is -0.384. The Morgan fingerprint density at radius 1 is 1.07 bits per heavy atom. The summed E-state index contributed by atoms with van der Waals surface area (Å²) in [5.74, 6) is -0.893. The number of nitrogens with zero attached hydrogens (tertiary/aromatic N) is 3. The first-order valence-electron chi connectivity index (χ1n) is 7.96. The molecule has 2 aromatic carbocycles. The fraction of sp³-hybridized carbons (Fsp3) is 0.0556. The van der Waals surface area contributed by atoms with E-state index in [0.29, 0.717) is 11.4 Å². The molecule has 136 valence electrons. The van der Waals surface area contributed by atoms with E-state index in [1.165, 1.54) is 35.1 Å². The highest BCUT2D eigenvalue weighted by atomic mass is 16.6. The number of amides is 2. The lowest BCUT2D eigenvalue weighted by atomic mass is 10.3. The van der Waals surface area contributed by atoms with E-state index in [4.69, 9.17) is 0 Å². The molecule has 2 N–H and O–H groups in total. The van der Waals surface area contributed by atoms with Crippen LogP contribution in [-0.4, -0.2) is 33.1 Å². The Morgan fingerprint density at radius 2 is 1.85 bits per heavy atom. The molecule has 0 radical (unpaired) electrons. The second-order valence-corrected chi connectivity index (χ2v) is 5.52. The molecule has 0 atom stereocenters. The third-order valence-electron chi connectivity index (χ3n) is 3.59. The van der Waals surface area contributed by atoms with E-state index >= 15 is 0 Å². The van der Waals surface area contributed by atoms with Gasteiger partial charge in [0.15, 0.2) is 5.69 Å². The van der Waals surface area contributed by atoms with Crippen LogP contribution >= 0.6 is 0 Å². The SMILES string of the molecule is O=C(CNC(=O)c1ccn(-c2cccc([N+](=O)[O-])c2)n1)Nc1ccccc1. The molecule has 1 aromatic heterocycles. The van der Waals surface area contributed by atoms with E-state index in [1.807, 2.05) is 6.07 Å². The molecular formula is C18H15N5O4. The lowest BCUT2D eigenvalue weighted by Gasteiger charge is -2.06. The van der Waals surface area contributed by atoms with E-state index < -0.39 is 10.8 Å². The highest BCUT2D eigenvalue weighted by Crippen LogP contribution is 2.16. The summed E-state index contributed by atoms with van der Waals surface area (Å²) in [6.07, 6.45) is 1.51. The second-order valence-electron chi connectivity index (χ2n) is 5.52. The van der Waals surface area contributed by atoms with E-state index in [-0.39, 0.29) is 23.8 Å². The van der Waals surface area contributed by atoms with Gasteiger partial charge in [-0.05, 0) is 24.3 Å². The van der Waals surface area contributed by atoms with Crippen LogP contribution in [0.4, 0.5) is 11.4 Å². The van der Waals surface area contributed by atoms with Gasteiger partial charge in [0, 0.05) is 24.0 Å². The van der Waals surface area contributed by atoms with Gasteiger partial charge in [0.25, 0.3) is 11.6 Å². The molecule has 9 heteroatoms. The molecule has 0 spiro atoms. The summed E-state index contributed by atoms with van der Waals surface area (Å²) in [4.78, 5) is 34.4. The predicted octanol–water partition coefficient (Wildman–Crippen LogP) is 2.15. The molecule has 0 saturated carbocycles. The van der Waals surface area contributed by atoms with E-state index in [9.17, 15) is 19.7 Å². The predicted molar refractivity (Wildman–Crippen MR) is 97.6 cm³/mol. The van der Waals surface area contributed by atoms with Crippen LogP contribution in [0.5, 0.6) is 0 Å². The van der Waals surface area contributed by atoms with Gasteiger partial charge in [0.05, 0.1) is 17.2 Å². The monoisotopic (exact) mass is 365 g/mol. The molecule has 0 bridgehead atoms. The topological polar surface area (TPSA) is 119 Å². The van der Waals surface area contributed by atoms with Gasteiger partial charge in [-0.1, -0.05) is 24.3 Å². The number of rotatable bonds is 6. The molecule has 2 amide bonds. The van der Waals surface area contributed by atoms with E-state index in [0.717, 1.165) is 0 Å². The average Bonchev–Trinajstić information content (AvgIpc) is 3.17. The molecule has 27 heavy (non-hydrogen) atoms. The number of benzene rings is 2. The summed E-state index contributed by atoms with van der Waals surface area (Å²) in [7, 11) is 0. The molecule has 9 nitrogen and oxygen atoms in total. The zero-order valence-electron chi connectivity index (χ0n) is 14.0. The van der Waals surface area contributed by atoms with Crippen molar-refractivity contribution >= 4 is 23.2 Å². The Kier molecular flexibility index (Phi) is 5.22. The Bertz CT molecular complexity index is 984. The van der Waals surface area contributed by atoms with Crippen LogP contribution in [0.1, 0.15) is 10.5 Å². The Labute approximate surface area is 153 Å². The Balaban J connectivity index is 1.61. The first kappa shape index (κ1) is 17.8. The number of carbonyl (C=O) groups excluding carboxylic acids is 2. The van der Waals surface area contributed by atoms with Crippen LogP contribution in [0.2, 0.25) is 0 Å². The summed E-state index contributed by atoms with van der Waals surface area (Å²) in [5.41, 5.74) is 1.09. The molecule has 0 aliphatic rings. The minimum Gasteiger partial charge on any atom is -0.342 e. The summed E-state index contributed by atoms with van der Waals surface area (Å²) in [6.45, 7) is -0.211. The number of para-hydroxylation sites is 1. The number of non-ortho nitro benzene ring substituents is 1. The van der Waals surface area contributed by atoms with Crippen molar-refractivity contribution < 1.29 is 14.5 Å². The van der Waals surface area contributed by atoms with Crippen LogP contribution in [0.15, 0.2) is 66.9 Å². The fourth-order valence-corrected chi connectivity index (χ4v) is 2.32. The molecule has 0 saturated heterocycles. The molecule has 0 aliphatic carbocycles. The van der Waals surface area contributed by atoms with Crippen molar-refractivity contribution in [1.29, 1.82) is 0 Å². The maximum atomic E-state index is 12.1. The summed E-state index contributed by atoms with van der Waals surface area (Å²) >= 11 is 0. The smallest absolute Gasteiger partial charge is 0.272 e. The first-order valence-corrected chi connectivity index (χ1v) is 7.96. The number of nitro groups is 1. The van der Waals surface area contributed by atoms with Crippen molar-refractivity contribution in [2.45, 2.75) is 0 Å². The van der Waals surface area contributed by atoms with Crippen molar-refractivity contribution in [1.82, 2.24) is 15.1 Å². The molecule has 3 rings (SSSR count). The number of hydrogen-bond donors (Lipinski definition) is 2. The number of carbonyl (C=O) groups is 2. The van der Waals surface area contributed by atoms with Gasteiger partial charge in [-0.15, -0.1) is 0 Å². The number of nitro benzene ring substituents is 1. The number of aromatic nitrogens is 2. The Morgan fingerprint density at radius 3 is 2.59 bits per heavy atom. The molecule has 1 heterocycles. The third kappa shape index (κ3) is 4.54. The fourth-order valence-electron chi connectivity index (χ4n) is 2.32. The molecule has 3 aromatic rings. The number of nitrogens with one attached hydrogen (secondary N) is 2. The molecular weight excluding hydrogens is 350 g/mol. The van der Waals surface area contributed by atoms with Crippen molar-refractivity contribution in [3.05, 3.63) is 82.7 Å². The van der Waals surface area contributed by atoms with Crippen LogP contribution in [-0.2, 0) is 4.79 Å². The van der Waals surface area contributed by atoms with Crippen LogP contribution in [0.3, 0.4) is 0 Å². The standard InChI is InChI=1S/C18H15N5O4/c24-17(20-13-5-2-1-3-6-13)12-19-18(25)16-9-10-22(21-16)14-7-4-8-15(11-14)23(26)27/h1-11H,12H2,(H,19,25)(H,20,24). The zero-order valence-corrected chi connectivity index (χ0v) is 14.0. The van der Waals surface area contributed by atoms with Crippen LogP contribution in [0, 0.1) is 10.1 Å². The van der Waals surface area contributed by atoms with Gasteiger partial charge >= 0.3 is 0 Å². The molecule has 0 aliphatic heterocycles. The van der Waals surface area contributed by atoms with Crippen molar-refractivity contribution in [2.75, 3.05) is 11.9 Å². The van der Waals surface area contributed by atoms with Gasteiger partial charge < -0.3 is 10.6 Å². The van der Waals surface area contributed by atoms with Gasteiger partial charge in [0.1, 0.15) is 0 Å². The largest absolute Gasteiger partial charge is 0.342 e. The highest BCUT2D eigenvalue weighted by Gasteiger charge is 2.13. The lowest BCUT2D eigenvalue weighted by Crippen LogP contribution is -2.33. The summed E-state index contributed by atoms with van der Waals surface area (Å²) in [6, 6.07) is 16.2. The molecule has 0 fully saturated rings. The maximum absolute atomic E-state index is 12.1. The maximum Gasteiger partial charge on any atom is 0.272 e. The highest BCUT2D eigenvalue weighted by molar-refractivity contribution is 5.98. The van der Waals surface area contributed by atoms with Gasteiger partial charge in [-0.2, -0.15) is 5.10 Å². The summed E-state index contributed by atoms with van der Waals surface area (Å²) < 4.78 is 1.35. The van der Waals surface area contributed by atoms with Crippen molar-refractivity contribution in [3.8, 4) is 5.69 Å². The first-order chi connectivity index (χ1) is 13.0. The van der Waals surface area contributed by atoms with E-state index in [2.05, 4.69) is 15.7 Å². The number of hydrogen-bond acceptors (Lipinski definition) is 5. The van der Waals surface area contributed by atoms with Gasteiger partial charge in [0.2, 0.25) is 5.91 Å². The summed E-state index contributed by atoms with van der Waals surface area (Å²) in [5, 5.41) is 20.1. The Hall–Kier alpha value is -4.01. The van der Waals surface area contributed by atoms with Crippen LogP contribution < -0.4 is 10.6 Å². The van der Waals surface area contributed by atoms with Crippen molar-refractivity contribution in [3.63, 3.8) is 0 Å². The number of anilines is 1. The quantitative estimate of drug-likeness (QED) is 0.512. The van der Waals surface area contributed by atoms with Crippen LogP contribution in [0.25, 0.3) is 5.69 Å². The molecule has 0 unspecified atom stereocenters. The second kappa shape index (κ2) is 7.91. The minimum atomic E-state index is -0.526. The van der Waals surface area contributed by atoms with Crippen molar-refractivity contribution in [2.24, 2.45) is 0 Å². The zero-order chi connectivity index (χ0) is 19.2. The van der Waals surface area contributed by atoms with E-state index in [1.54, 1.807) is 30.3 Å².